The van der Waals surface area contributed by atoms with Crippen molar-refractivity contribution in [2.45, 2.75) is 32.4 Å². The third kappa shape index (κ3) is 2.47. The number of hydrogen-bond donors (Lipinski definition) is 2. The first kappa shape index (κ1) is 11.5. The topological polar surface area (TPSA) is 56.5 Å². The zero-order chi connectivity index (χ0) is 10.6. The number of nitrogens with one attached hydrogen (secondary N) is 1. The zero-order valence-electron chi connectivity index (χ0n) is 9.12. The van der Waals surface area contributed by atoms with Gasteiger partial charge >= 0.3 is 0 Å². The first-order chi connectivity index (χ1) is 6.70. The van der Waals surface area contributed by atoms with Gasteiger partial charge in [0.2, 0.25) is 0 Å². The van der Waals surface area contributed by atoms with E-state index in [0.717, 1.165) is 18.8 Å². The molecular formula is C10H20N2O2. The van der Waals surface area contributed by atoms with Crippen molar-refractivity contribution in [2.75, 3.05) is 13.7 Å². The number of ether oxygens (including phenoxy) is 2. The fourth-order valence-electron chi connectivity index (χ4n) is 1.79. The highest BCUT2D eigenvalue weighted by molar-refractivity contribution is 5.09. The number of hydrazine groups is 1. The van der Waals surface area contributed by atoms with Crippen LogP contribution in [0.15, 0.2) is 11.8 Å². The van der Waals surface area contributed by atoms with Crippen molar-refractivity contribution in [1.82, 2.24) is 5.43 Å². The average molecular weight is 200 g/mol. The van der Waals surface area contributed by atoms with Gasteiger partial charge in [-0.25, -0.2) is 5.43 Å². The molecule has 0 aromatic heterocycles. The van der Waals surface area contributed by atoms with Crippen LogP contribution < -0.4 is 11.3 Å². The number of rotatable bonds is 5. The van der Waals surface area contributed by atoms with Crippen molar-refractivity contribution >= 4 is 0 Å². The van der Waals surface area contributed by atoms with Gasteiger partial charge in [-0.05, 0) is 12.0 Å². The summed E-state index contributed by atoms with van der Waals surface area (Å²) in [4.78, 5) is 0. The average Bonchev–Trinajstić information content (AvgIpc) is 2.65. The van der Waals surface area contributed by atoms with E-state index in [2.05, 4.69) is 25.3 Å². The lowest BCUT2D eigenvalue weighted by atomic mass is 9.98. The Kier molecular flexibility index (Phi) is 4.38. The van der Waals surface area contributed by atoms with E-state index < -0.39 is 0 Å². The third-order valence-electron chi connectivity index (χ3n) is 2.48. The number of nitrogens with two attached hydrogens (primary N) is 1. The van der Waals surface area contributed by atoms with Crippen LogP contribution in [0.25, 0.3) is 0 Å². The molecule has 4 heteroatoms. The Morgan fingerprint density at radius 3 is 2.64 bits per heavy atom. The molecule has 0 radical (unpaired) electrons. The van der Waals surface area contributed by atoms with Crippen LogP contribution in [0, 0.1) is 5.92 Å². The fourth-order valence-corrected chi connectivity index (χ4v) is 1.79. The van der Waals surface area contributed by atoms with Crippen molar-refractivity contribution < 1.29 is 9.47 Å². The minimum absolute atomic E-state index is 0.0394. The second-order valence-electron chi connectivity index (χ2n) is 3.83. The van der Waals surface area contributed by atoms with Crippen LogP contribution in [0.1, 0.15) is 20.3 Å². The summed E-state index contributed by atoms with van der Waals surface area (Å²) in [6, 6.07) is -0.0394. The molecule has 0 fully saturated rings. The standard InChI is InChI=1S/C10H20N2O2/c1-7(2)10(13-3)9(12-11)8-5-4-6-14-8/h5,7,9-10,12H,4,6,11H2,1-3H3. The summed E-state index contributed by atoms with van der Waals surface area (Å²) in [5.74, 6) is 6.82. The lowest BCUT2D eigenvalue weighted by molar-refractivity contribution is 0.0267. The summed E-state index contributed by atoms with van der Waals surface area (Å²) >= 11 is 0. The Bertz CT molecular complexity index is 204. The molecule has 1 aliphatic rings. The molecule has 0 saturated carbocycles. The minimum atomic E-state index is -0.0394. The quantitative estimate of drug-likeness (QED) is 0.509. The van der Waals surface area contributed by atoms with Gasteiger partial charge in [-0.15, -0.1) is 0 Å². The van der Waals surface area contributed by atoms with E-state index in [9.17, 15) is 0 Å². The summed E-state index contributed by atoms with van der Waals surface area (Å²) in [6.45, 7) is 4.96. The molecule has 0 aromatic carbocycles. The van der Waals surface area contributed by atoms with E-state index >= 15 is 0 Å². The highest BCUT2D eigenvalue weighted by Gasteiger charge is 2.29. The molecule has 0 amide bonds. The minimum Gasteiger partial charge on any atom is -0.496 e. The first-order valence-electron chi connectivity index (χ1n) is 5.02. The van der Waals surface area contributed by atoms with Crippen LogP contribution in [0.3, 0.4) is 0 Å². The van der Waals surface area contributed by atoms with Gasteiger partial charge in [-0.1, -0.05) is 13.8 Å². The van der Waals surface area contributed by atoms with Crippen LogP contribution in [0.2, 0.25) is 0 Å². The predicted octanol–water partition coefficient (Wildman–Crippen LogP) is 0.794. The molecule has 1 rings (SSSR count). The summed E-state index contributed by atoms with van der Waals surface area (Å²) in [5, 5.41) is 0. The molecule has 1 aliphatic heterocycles. The largest absolute Gasteiger partial charge is 0.496 e. The normalized spacial score (nSPS) is 20.5. The second-order valence-corrected chi connectivity index (χ2v) is 3.83. The monoisotopic (exact) mass is 200 g/mol. The molecule has 4 nitrogen and oxygen atoms in total. The summed E-state index contributed by atoms with van der Waals surface area (Å²) < 4.78 is 10.9. The van der Waals surface area contributed by atoms with E-state index in [1.165, 1.54) is 0 Å². The molecule has 0 saturated heterocycles. The van der Waals surface area contributed by atoms with Crippen molar-refractivity contribution in [1.29, 1.82) is 0 Å². The Morgan fingerprint density at radius 2 is 2.29 bits per heavy atom. The second kappa shape index (κ2) is 5.34. The maximum Gasteiger partial charge on any atom is 0.113 e. The van der Waals surface area contributed by atoms with Crippen molar-refractivity contribution in [3.8, 4) is 0 Å². The highest BCUT2D eigenvalue weighted by Crippen LogP contribution is 2.20. The van der Waals surface area contributed by atoms with Crippen LogP contribution >= 0.6 is 0 Å². The molecular weight excluding hydrogens is 180 g/mol. The van der Waals surface area contributed by atoms with E-state index in [1.54, 1.807) is 7.11 Å². The summed E-state index contributed by atoms with van der Waals surface area (Å²) in [6.07, 6.45) is 3.07. The van der Waals surface area contributed by atoms with Crippen LogP contribution in [-0.2, 0) is 9.47 Å². The Labute approximate surface area is 85.4 Å². The Balaban J connectivity index is 2.67. The van der Waals surface area contributed by atoms with Gasteiger partial charge in [0.25, 0.3) is 0 Å². The third-order valence-corrected chi connectivity index (χ3v) is 2.48. The zero-order valence-corrected chi connectivity index (χ0v) is 9.12. The maximum absolute atomic E-state index is 5.52. The van der Waals surface area contributed by atoms with Gasteiger partial charge in [0.1, 0.15) is 11.8 Å². The smallest absolute Gasteiger partial charge is 0.113 e. The molecule has 2 unspecified atom stereocenters. The van der Waals surface area contributed by atoms with Crippen molar-refractivity contribution in [3.63, 3.8) is 0 Å². The summed E-state index contributed by atoms with van der Waals surface area (Å²) in [5.41, 5.74) is 2.76. The van der Waals surface area contributed by atoms with Gasteiger partial charge in [-0.2, -0.15) is 0 Å². The SMILES string of the molecule is COC(C(C)C)C(NN)C1=CCCO1. The first-order valence-corrected chi connectivity index (χ1v) is 5.02. The number of methoxy groups -OCH3 is 1. The molecule has 0 bridgehead atoms. The van der Waals surface area contributed by atoms with Gasteiger partial charge < -0.3 is 9.47 Å². The van der Waals surface area contributed by atoms with Crippen molar-refractivity contribution in [2.24, 2.45) is 11.8 Å². The molecule has 0 aliphatic carbocycles. The van der Waals surface area contributed by atoms with Gasteiger partial charge in [0.15, 0.2) is 0 Å². The Morgan fingerprint density at radius 1 is 1.57 bits per heavy atom. The van der Waals surface area contributed by atoms with E-state index in [1.807, 2.05) is 0 Å². The number of hydrogen-bond acceptors (Lipinski definition) is 4. The molecule has 1 heterocycles. The lowest BCUT2D eigenvalue weighted by Crippen LogP contribution is -2.48. The van der Waals surface area contributed by atoms with Crippen LogP contribution in [0.4, 0.5) is 0 Å². The molecule has 2 atom stereocenters. The predicted molar refractivity (Wildman–Crippen MR) is 55.4 cm³/mol. The highest BCUT2D eigenvalue weighted by atomic mass is 16.5. The van der Waals surface area contributed by atoms with Gasteiger partial charge in [0.05, 0.1) is 12.7 Å². The van der Waals surface area contributed by atoms with Crippen LogP contribution in [-0.4, -0.2) is 25.9 Å². The van der Waals surface area contributed by atoms with E-state index in [4.69, 9.17) is 15.3 Å². The summed E-state index contributed by atoms with van der Waals surface area (Å²) in [7, 11) is 1.70. The van der Waals surface area contributed by atoms with E-state index in [-0.39, 0.29) is 12.1 Å². The van der Waals surface area contributed by atoms with Crippen LogP contribution in [0.5, 0.6) is 0 Å². The van der Waals surface area contributed by atoms with Gasteiger partial charge in [-0.3, -0.25) is 5.84 Å². The molecule has 3 N–H and O–H groups in total. The lowest BCUT2D eigenvalue weighted by Gasteiger charge is -2.28. The Hall–Kier alpha value is -0.580. The van der Waals surface area contributed by atoms with Gasteiger partial charge in [0, 0.05) is 13.5 Å². The molecule has 0 aromatic rings. The molecule has 0 spiro atoms. The maximum atomic E-state index is 5.52. The molecule has 82 valence electrons. The van der Waals surface area contributed by atoms with E-state index in [0.29, 0.717) is 5.92 Å². The fraction of sp³-hybridized carbons (Fsp3) is 0.800. The van der Waals surface area contributed by atoms with Crippen molar-refractivity contribution in [3.05, 3.63) is 11.8 Å². The molecule has 14 heavy (non-hydrogen) atoms.